The summed E-state index contributed by atoms with van der Waals surface area (Å²) in [4.78, 5) is 41.5. The number of nitrogens with one attached hydrogen (secondary N) is 1. The summed E-state index contributed by atoms with van der Waals surface area (Å²) in [5.41, 5.74) is 5.70. The highest BCUT2D eigenvalue weighted by atomic mass is 19.1. The van der Waals surface area contributed by atoms with Crippen LogP contribution in [0.1, 0.15) is 67.4 Å². The maximum atomic E-state index is 14.0. The van der Waals surface area contributed by atoms with Gasteiger partial charge in [0.25, 0.3) is 5.56 Å². The zero-order valence-electron chi connectivity index (χ0n) is 25.2. The largest absolute Gasteiger partial charge is 0.469 e. The summed E-state index contributed by atoms with van der Waals surface area (Å²) in [7, 11) is 1.33. The molecule has 2 aromatic carbocycles. The molecule has 3 atom stereocenters. The fourth-order valence-corrected chi connectivity index (χ4v) is 5.82. The lowest BCUT2D eigenvalue weighted by Gasteiger charge is -2.26. The molecular weight excluding hydrogens is 533 g/mol. The molecule has 0 unspecified atom stereocenters. The summed E-state index contributed by atoms with van der Waals surface area (Å²) in [6.07, 6.45) is 1.76. The normalized spacial score (nSPS) is 16.8. The second-order valence-electron chi connectivity index (χ2n) is 11.8. The van der Waals surface area contributed by atoms with Crippen LogP contribution in [0.4, 0.5) is 4.39 Å². The molecule has 42 heavy (non-hydrogen) atoms. The Morgan fingerprint density at radius 2 is 1.79 bits per heavy atom. The van der Waals surface area contributed by atoms with Crippen LogP contribution in [0.3, 0.4) is 0 Å². The van der Waals surface area contributed by atoms with Crippen molar-refractivity contribution in [2.45, 2.75) is 71.8 Å². The fourth-order valence-electron chi connectivity index (χ4n) is 5.82. The first-order chi connectivity index (χ1) is 20.0. The Labute approximate surface area is 247 Å². The predicted molar refractivity (Wildman–Crippen MR) is 163 cm³/mol. The van der Waals surface area contributed by atoms with Gasteiger partial charge in [-0.3, -0.25) is 19.3 Å². The van der Waals surface area contributed by atoms with Crippen molar-refractivity contribution in [2.75, 3.05) is 20.2 Å². The van der Waals surface area contributed by atoms with Crippen LogP contribution in [0.25, 0.3) is 11.1 Å². The van der Waals surface area contributed by atoms with E-state index in [4.69, 9.17) is 4.74 Å². The zero-order chi connectivity index (χ0) is 30.4. The Morgan fingerprint density at radius 1 is 1.07 bits per heavy atom. The highest BCUT2D eigenvalue weighted by molar-refractivity contribution is 5.82. The van der Waals surface area contributed by atoms with E-state index in [1.54, 1.807) is 12.3 Å². The number of nitrogens with zero attached hydrogens (tertiary/aromatic N) is 2. The number of pyridine rings is 1. The van der Waals surface area contributed by atoms with Crippen molar-refractivity contribution in [3.8, 4) is 11.1 Å². The number of likely N-dealkylation sites (tertiary alicyclic amines) is 1. The van der Waals surface area contributed by atoms with Gasteiger partial charge in [-0.25, -0.2) is 4.39 Å². The molecule has 1 aliphatic heterocycles. The van der Waals surface area contributed by atoms with Crippen LogP contribution in [0, 0.1) is 19.8 Å². The van der Waals surface area contributed by atoms with E-state index in [0.717, 1.165) is 33.4 Å². The smallest absolute Gasteiger partial charge is 0.307 e. The highest BCUT2D eigenvalue weighted by Crippen LogP contribution is 2.30. The van der Waals surface area contributed by atoms with Crippen molar-refractivity contribution in [3.63, 3.8) is 0 Å². The van der Waals surface area contributed by atoms with Crippen LogP contribution in [-0.4, -0.2) is 47.7 Å². The number of rotatable bonds is 11. The van der Waals surface area contributed by atoms with Gasteiger partial charge in [0.2, 0.25) is 5.91 Å². The van der Waals surface area contributed by atoms with Crippen LogP contribution in [0.5, 0.6) is 0 Å². The molecule has 0 bridgehead atoms. The summed E-state index contributed by atoms with van der Waals surface area (Å²) in [5, 5.41) is 3.08. The molecule has 1 N–H and O–H groups in total. The lowest BCUT2D eigenvalue weighted by atomic mass is 9.92. The standard InChI is InChI=1S/C34H42FN3O4/c1-22(2)16-30(38-20-25(12-13-31(38)39)19-37-15-14-28(35)21-37)34(41)36-29(18-32(40)42-5)26-10-7-11-27(17-26)33-23(3)8-6-9-24(33)4/h6-13,17,20,22,28-30H,14-16,18-19,21H2,1-5H3,(H,36,41)/t28-,29+,30+/m1/s1. The SMILES string of the molecule is COC(=O)C[C@H](NC(=O)[C@H](CC(C)C)n1cc(CN2CC[C@@H](F)C2)ccc1=O)c1cccc(-c2c(C)cccc2C)c1. The number of carbonyl (C=O) groups is 2. The summed E-state index contributed by atoms with van der Waals surface area (Å²) in [6.45, 7) is 9.65. The number of aromatic nitrogens is 1. The van der Waals surface area contributed by atoms with E-state index < -0.39 is 24.2 Å². The molecule has 1 aromatic heterocycles. The van der Waals surface area contributed by atoms with E-state index in [0.29, 0.717) is 32.5 Å². The molecule has 1 aliphatic rings. The van der Waals surface area contributed by atoms with Gasteiger partial charge < -0.3 is 14.6 Å². The van der Waals surface area contributed by atoms with Gasteiger partial charge in [0, 0.05) is 31.9 Å². The van der Waals surface area contributed by atoms with Crippen molar-refractivity contribution in [2.24, 2.45) is 5.92 Å². The summed E-state index contributed by atoms with van der Waals surface area (Å²) in [5.74, 6) is -0.679. The minimum atomic E-state index is -0.838. The van der Waals surface area contributed by atoms with Crippen LogP contribution in [0.2, 0.25) is 0 Å². The van der Waals surface area contributed by atoms with E-state index >= 15 is 0 Å². The number of ether oxygens (including phenoxy) is 1. The predicted octanol–water partition coefficient (Wildman–Crippen LogP) is 5.68. The third kappa shape index (κ3) is 7.73. The number of alkyl halides is 1. The number of amides is 1. The maximum absolute atomic E-state index is 14.0. The molecule has 8 heteroatoms. The number of halogens is 1. The van der Waals surface area contributed by atoms with Crippen molar-refractivity contribution >= 4 is 11.9 Å². The van der Waals surface area contributed by atoms with Gasteiger partial charge in [0.1, 0.15) is 12.2 Å². The Morgan fingerprint density at radius 3 is 2.43 bits per heavy atom. The first kappa shape index (κ1) is 31.2. The molecule has 224 valence electrons. The number of methoxy groups -OCH3 is 1. The first-order valence-corrected chi connectivity index (χ1v) is 14.7. The van der Waals surface area contributed by atoms with Gasteiger partial charge in [0.05, 0.1) is 19.6 Å². The number of hydrogen-bond donors (Lipinski definition) is 1. The molecule has 3 aromatic rings. The minimum absolute atomic E-state index is 0.0544. The molecule has 4 rings (SSSR count). The van der Waals surface area contributed by atoms with Gasteiger partial charge in [0.15, 0.2) is 0 Å². The quantitative estimate of drug-likeness (QED) is 0.298. The summed E-state index contributed by atoms with van der Waals surface area (Å²) >= 11 is 0. The number of esters is 1. The molecule has 0 radical (unpaired) electrons. The lowest BCUT2D eigenvalue weighted by Crippen LogP contribution is -2.40. The second kappa shape index (κ2) is 13.9. The van der Waals surface area contributed by atoms with Gasteiger partial charge in [-0.05, 0) is 72.1 Å². The molecule has 1 amide bonds. The molecule has 0 aliphatic carbocycles. The van der Waals surface area contributed by atoms with Gasteiger partial charge >= 0.3 is 5.97 Å². The third-order valence-electron chi connectivity index (χ3n) is 7.93. The average Bonchev–Trinajstić information content (AvgIpc) is 3.36. The molecule has 0 saturated carbocycles. The van der Waals surface area contributed by atoms with Crippen LogP contribution >= 0.6 is 0 Å². The van der Waals surface area contributed by atoms with E-state index in [1.807, 2.05) is 49.1 Å². The number of hydrogen-bond acceptors (Lipinski definition) is 5. The third-order valence-corrected chi connectivity index (χ3v) is 7.93. The number of aryl methyl sites for hydroxylation is 2. The molecule has 0 spiro atoms. The second-order valence-corrected chi connectivity index (χ2v) is 11.8. The monoisotopic (exact) mass is 575 g/mol. The summed E-state index contributed by atoms with van der Waals surface area (Å²) < 4.78 is 20.2. The van der Waals surface area contributed by atoms with Gasteiger partial charge in [-0.1, -0.05) is 56.3 Å². The van der Waals surface area contributed by atoms with Crippen molar-refractivity contribution in [3.05, 3.63) is 93.4 Å². The molecule has 1 saturated heterocycles. The van der Waals surface area contributed by atoms with Crippen LogP contribution in [-0.2, 0) is 20.9 Å². The summed E-state index contributed by atoms with van der Waals surface area (Å²) in [6, 6.07) is 15.8. The Kier molecular flexibility index (Phi) is 10.3. The molecule has 2 heterocycles. The first-order valence-electron chi connectivity index (χ1n) is 14.7. The van der Waals surface area contributed by atoms with E-state index in [-0.39, 0.29) is 23.8 Å². The zero-order valence-corrected chi connectivity index (χ0v) is 25.2. The van der Waals surface area contributed by atoms with Crippen molar-refractivity contribution in [1.82, 2.24) is 14.8 Å². The topological polar surface area (TPSA) is 80.6 Å². The van der Waals surface area contributed by atoms with E-state index in [2.05, 4.69) is 31.3 Å². The van der Waals surface area contributed by atoms with Crippen LogP contribution in [0.15, 0.2) is 65.6 Å². The lowest BCUT2D eigenvalue weighted by molar-refractivity contribution is -0.141. The fraction of sp³-hybridized carbons (Fsp3) is 0.441. The number of benzene rings is 2. The minimum Gasteiger partial charge on any atom is -0.469 e. The van der Waals surface area contributed by atoms with Crippen molar-refractivity contribution < 1.29 is 18.7 Å². The van der Waals surface area contributed by atoms with Crippen LogP contribution < -0.4 is 10.9 Å². The maximum Gasteiger partial charge on any atom is 0.307 e. The van der Waals surface area contributed by atoms with E-state index in [9.17, 15) is 18.8 Å². The molecular formula is C34H42FN3O4. The molecule has 7 nitrogen and oxygen atoms in total. The van der Waals surface area contributed by atoms with Crippen molar-refractivity contribution in [1.29, 1.82) is 0 Å². The van der Waals surface area contributed by atoms with Gasteiger partial charge in [-0.15, -0.1) is 0 Å². The van der Waals surface area contributed by atoms with E-state index in [1.165, 1.54) is 17.7 Å². The Bertz CT molecular complexity index is 1450. The number of carbonyl (C=O) groups excluding carboxylic acids is 2. The van der Waals surface area contributed by atoms with Gasteiger partial charge in [-0.2, -0.15) is 0 Å². The highest BCUT2D eigenvalue weighted by Gasteiger charge is 2.28. The Balaban J connectivity index is 1.66. The Hall–Kier alpha value is -3.78. The molecule has 1 fully saturated rings. The average molecular weight is 576 g/mol.